The van der Waals surface area contributed by atoms with E-state index in [2.05, 4.69) is 15.9 Å². The van der Waals surface area contributed by atoms with Crippen molar-refractivity contribution in [3.63, 3.8) is 0 Å². The predicted molar refractivity (Wildman–Crippen MR) is 123 cm³/mol. The van der Waals surface area contributed by atoms with E-state index >= 15 is 0 Å². The highest BCUT2D eigenvalue weighted by atomic mass is 79.9. The van der Waals surface area contributed by atoms with Gasteiger partial charge in [0.05, 0.1) is 11.0 Å². The van der Waals surface area contributed by atoms with E-state index in [1.807, 2.05) is 29.6 Å². The topological polar surface area (TPSA) is 49.4 Å². The Balaban J connectivity index is 1.68. The second kappa shape index (κ2) is 9.22. The second-order valence-corrected chi connectivity index (χ2v) is 8.93. The Morgan fingerprint density at radius 2 is 1.81 bits per heavy atom. The summed E-state index contributed by atoms with van der Waals surface area (Å²) in [6, 6.07) is 18.5. The summed E-state index contributed by atoms with van der Waals surface area (Å²) in [6.07, 6.45) is 0. The van der Waals surface area contributed by atoms with Gasteiger partial charge in [-0.25, -0.2) is 4.39 Å². The largest absolute Gasteiger partial charge is 0.545 e. The van der Waals surface area contributed by atoms with Gasteiger partial charge in [0.1, 0.15) is 18.2 Å². The van der Waals surface area contributed by atoms with E-state index in [1.165, 1.54) is 24.3 Å². The van der Waals surface area contributed by atoms with Crippen molar-refractivity contribution in [2.75, 3.05) is 0 Å². The van der Waals surface area contributed by atoms with Crippen LogP contribution in [0.3, 0.4) is 0 Å². The van der Waals surface area contributed by atoms with Gasteiger partial charge in [-0.1, -0.05) is 57.9 Å². The molecule has 3 aromatic carbocycles. The Hall–Kier alpha value is -2.67. The van der Waals surface area contributed by atoms with Crippen molar-refractivity contribution in [3.05, 3.63) is 98.5 Å². The average Bonchev–Trinajstić information content (AvgIpc) is 3.23. The third kappa shape index (κ3) is 4.82. The molecule has 0 aliphatic carbocycles. The van der Waals surface area contributed by atoms with Crippen LogP contribution in [-0.4, -0.2) is 5.97 Å². The van der Waals surface area contributed by atoms with E-state index < -0.39 is 11.8 Å². The number of thiophene rings is 1. The lowest BCUT2D eigenvalue weighted by atomic mass is 10.0. The molecule has 0 saturated heterocycles. The highest BCUT2D eigenvalue weighted by molar-refractivity contribution is 9.10. The van der Waals surface area contributed by atoms with Gasteiger partial charge < -0.3 is 14.6 Å². The molecule has 1 aromatic heterocycles. The van der Waals surface area contributed by atoms with Gasteiger partial charge in [0.2, 0.25) is 0 Å². The number of carboxylic acid groups (broad SMARTS) is 1. The number of ether oxygens (including phenoxy) is 1. The van der Waals surface area contributed by atoms with Crippen LogP contribution in [0.5, 0.6) is 5.75 Å². The molecule has 0 saturated carbocycles. The maximum Gasteiger partial charge on any atom is 0.127 e. The van der Waals surface area contributed by atoms with Crippen LogP contribution in [0.1, 0.15) is 15.9 Å². The summed E-state index contributed by atoms with van der Waals surface area (Å²) in [6.45, 7) is 0.188. The predicted octanol–water partition coefficient (Wildman–Crippen LogP) is 6.58. The van der Waals surface area contributed by atoms with E-state index in [0.29, 0.717) is 16.3 Å². The van der Waals surface area contributed by atoms with E-state index in [-0.39, 0.29) is 12.2 Å². The number of carbonyl (C=O) groups excluding carboxylic acids is 1. The fourth-order valence-corrected chi connectivity index (χ4v) is 4.64. The minimum absolute atomic E-state index is 0.129. The van der Waals surface area contributed by atoms with Crippen molar-refractivity contribution in [1.82, 2.24) is 0 Å². The Bertz CT molecular complexity index is 1250. The number of rotatable bonds is 6. The zero-order valence-electron chi connectivity index (χ0n) is 15.9. The first kappa shape index (κ1) is 21.6. The summed E-state index contributed by atoms with van der Waals surface area (Å²) < 4.78 is 20.3. The Kier molecular flexibility index (Phi) is 6.41. The first-order valence-electron chi connectivity index (χ1n) is 9.18. The molecule has 156 valence electrons. The fraction of sp³-hybridized carbons (Fsp3) is 0.0417. The van der Waals surface area contributed by atoms with E-state index in [9.17, 15) is 14.3 Å². The van der Waals surface area contributed by atoms with Gasteiger partial charge in [0.15, 0.2) is 0 Å². The molecule has 7 heteroatoms. The summed E-state index contributed by atoms with van der Waals surface area (Å²) in [7, 11) is 0. The van der Waals surface area contributed by atoms with Crippen molar-refractivity contribution in [2.45, 2.75) is 6.61 Å². The molecule has 0 fully saturated rings. The Morgan fingerprint density at radius 3 is 2.52 bits per heavy atom. The lowest BCUT2D eigenvalue weighted by molar-refractivity contribution is -0.255. The number of hydrogen-bond donors (Lipinski definition) is 0. The number of carbonyl (C=O) groups is 1. The van der Waals surface area contributed by atoms with Crippen molar-refractivity contribution in [3.8, 4) is 27.3 Å². The Labute approximate surface area is 195 Å². The highest BCUT2D eigenvalue weighted by Gasteiger charge is 2.15. The van der Waals surface area contributed by atoms with Crippen molar-refractivity contribution >= 4 is 44.8 Å². The molecule has 1 heterocycles. The highest BCUT2D eigenvalue weighted by Crippen LogP contribution is 2.42. The molecule has 0 aliphatic rings. The van der Waals surface area contributed by atoms with E-state index in [4.69, 9.17) is 16.3 Å². The molecule has 31 heavy (non-hydrogen) atoms. The van der Waals surface area contributed by atoms with Crippen LogP contribution in [0.25, 0.3) is 21.6 Å². The van der Waals surface area contributed by atoms with Crippen LogP contribution in [-0.2, 0) is 6.61 Å². The third-order valence-electron chi connectivity index (χ3n) is 4.68. The summed E-state index contributed by atoms with van der Waals surface area (Å²) in [4.78, 5) is 12.0. The first-order chi connectivity index (χ1) is 14.9. The van der Waals surface area contributed by atoms with Crippen LogP contribution in [0.15, 0.2) is 76.6 Å². The van der Waals surface area contributed by atoms with Crippen molar-refractivity contribution < 1.29 is 19.0 Å². The van der Waals surface area contributed by atoms with Crippen LogP contribution < -0.4 is 9.84 Å². The molecule has 0 amide bonds. The normalized spacial score (nSPS) is 10.8. The van der Waals surface area contributed by atoms with E-state index in [1.54, 1.807) is 29.5 Å². The summed E-state index contributed by atoms with van der Waals surface area (Å²) in [5.41, 5.74) is 3.52. The van der Waals surface area contributed by atoms with Crippen LogP contribution in [0.2, 0.25) is 5.02 Å². The molecule has 0 atom stereocenters. The van der Waals surface area contributed by atoms with Crippen molar-refractivity contribution in [2.24, 2.45) is 0 Å². The summed E-state index contributed by atoms with van der Waals surface area (Å²) in [5.74, 6) is -0.958. The molecule has 4 rings (SSSR count). The molecule has 0 radical (unpaired) electrons. The molecular weight excluding hydrogens is 503 g/mol. The van der Waals surface area contributed by atoms with Crippen LogP contribution in [0, 0.1) is 5.82 Å². The number of hydrogen-bond acceptors (Lipinski definition) is 4. The molecule has 0 unspecified atom stereocenters. The fourth-order valence-electron chi connectivity index (χ4n) is 3.14. The van der Waals surface area contributed by atoms with Gasteiger partial charge in [-0.15, -0.1) is 11.3 Å². The number of carboxylic acids is 1. The van der Waals surface area contributed by atoms with Gasteiger partial charge in [-0.3, -0.25) is 0 Å². The van der Waals surface area contributed by atoms with Gasteiger partial charge in [0, 0.05) is 26.0 Å². The molecule has 0 N–H and O–H groups in total. The maximum atomic E-state index is 13.3. The molecule has 4 aromatic rings. The number of aromatic carboxylic acids is 1. The smallest absolute Gasteiger partial charge is 0.127 e. The average molecular weight is 517 g/mol. The van der Waals surface area contributed by atoms with Gasteiger partial charge >= 0.3 is 0 Å². The first-order valence-corrected chi connectivity index (χ1v) is 11.2. The van der Waals surface area contributed by atoms with Gasteiger partial charge in [-0.2, -0.15) is 0 Å². The maximum absolute atomic E-state index is 13.3. The molecule has 0 bridgehead atoms. The monoisotopic (exact) mass is 515 g/mol. The zero-order valence-corrected chi connectivity index (χ0v) is 19.1. The van der Waals surface area contributed by atoms with Crippen LogP contribution >= 0.6 is 38.9 Å². The minimum Gasteiger partial charge on any atom is -0.545 e. The molecule has 0 aliphatic heterocycles. The Morgan fingerprint density at radius 1 is 1.03 bits per heavy atom. The zero-order chi connectivity index (χ0) is 22.0. The van der Waals surface area contributed by atoms with Crippen molar-refractivity contribution in [1.29, 1.82) is 0 Å². The minimum atomic E-state index is -1.21. The second-order valence-electron chi connectivity index (χ2n) is 6.69. The summed E-state index contributed by atoms with van der Waals surface area (Å²) in [5, 5.41) is 13.3. The SMILES string of the molecule is O=C([O-])c1ccc(-c2sccc2-c2cc(Br)ccc2OCc2ccc(F)cc2Cl)cc1. The standard InChI is InChI=1S/C24H15BrClFO3S/c25-17-6-8-22(30-13-16-5-7-18(27)12-21(16)26)20(11-17)19-9-10-31-23(19)14-1-3-15(4-2-14)24(28)29/h1-12H,13H2,(H,28,29)/p-1. The van der Waals surface area contributed by atoms with Crippen LogP contribution in [0.4, 0.5) is 4.39 Å². The molecule has 3 nitrogen and oxygen atoms in total. The quantitative estimate of drug-likeness (QED) is 0.291. The van der Waals surface area contributed by atoms with Gasteiger partial charge in [0.25, 0.3) is 0 Å². The lowest BCUT2D eigenvalue weighted by Gasteiger charge is -2.14. The molecule has 0 spiro atoms. The third-order valence-corrected chi connectivity index (χ3v) is 6.49. The van der Waals surface area contributed by atoms with Gasteiger partial charge in [-0.05, 0) is 52.9 Å². The lowest BCUT2D eigenvalue weighted by Crippen LogP contribution is -2.21. The number of benzene rings is 3. The molecular formula is C24H14BrClFO3S-. The number of halogens is 3. The van der Waals surface area contributed by atoms with E-state index in [0.717, 1.165) is 26.0 Å². The summed E-state index contributed by atoms with van der Waals surface area (Å²) >= 11 is 11.2.